The summed E-state index contributed by atoms with van der Waals surface area (Å²) in [6, 6.07) is 3.95. The Balaban J connectivity index is 2.00. The fourth-order valence-corrected chi connectivity index (χ4v) is 4.03. The van der Waals surface area contributed by atoms with E-state index in [1.165, 1.54) is 44.9 Å². The molecular weight excluding hydrogens is 313 g/mol. The molecule has 0 bridgehead atoms. The van der Waals surface area contributed by atoms with Gasteiger partial charge in [-0.25, -0.2) is 0 Å². The maximum absolute atomic E-state index is 6.24. The Morgan fingerprint density at radius 2 is 1.75 bits per heavy atom. The normalized spacial score (nSPS) is 23.4. The summed E-state index contributed by atoms with van der Waals surface area (Å²) in [6.45, 7) is 2.27. The van der Waals surface area contributed by atoms with Gasteiger partial charge < -0.3 is 5.32 Å². The van der Waals surface area contributed by atoms with E-state index in [9.17, 15) is 0 Å². The highest BCUT2D eigenvalue weighted by Crippen LogP contribution is 2.36. The standard InChI is InChI=1S/C16H22Cl3N/c1-2-4-11-5-3-6-13(8-7-11)20-16-14(18)9-12(17)10-15(16)19/h9-11,13,20H,2-8H2,1H3. The second-order valence-electron chi connectivity index (χ2n) is 5.75. The Morgan fingerprint density at radius 1 is 1.05 bits per heavy atom. The first-order valence-electron chi connectivity index (χ1n) is 7.51. The molecule has 1 aromatic rings. The number of rotatable bonds is 4. The van der Waals surface area contributed by atoms with Crippen LogP contribution in [-0.2, 0) is 0 Å². The molecule has 0 aromatic heterocycles. The molecule has 1 fully saturated rings. The van der Waals surface area contributed by atoms with Crippen LogP contribution in [0.5, 0.6) is 0 Å². The molecule has 112 valence electrons. The van der Waals surface area contributed by atoms with Crippen molar-refractivity contribution in [1.29, 1.82) is 0 Å². The zero-order valence-electron chi connectivity index (χ0n) is 11.9. The molecule has 0 aliphatic heterocycles. The predicted molar refractivity (Wildman–Crippen MR) is 90.4 cm³/mol. The van der Waals surface area contributed by atoms with Crippen molar-refractivity contribution in [2.75, 3.05) is 5.32 Å². The van der Waals surface area contributed by atoms with Crippen molar-refractivity contribution < 1.29 is 0 Å². The molecule has 2 rings (SSSR count). The van der Waals surface area contributed by atoms with Gasteiger partial charge in [0.25, 0.3) is 0 Å². The SMILES string of the molecule is CCCC1CCCC(Nc2c(Cl)cc(Cl)cc2Cl)CC1. The van der Waals surface area contributed by atoms with Crippen LogP contribution in [0.1, 0.15) is 51.9 Å². The van der Waals surface area contributed by atoms with Crippen LogP contribution in [0.15, 0.2) is 12.1 Å². The van der Waals surface area contributed by atoms with E-state index in [0.717, 1.165) is 11.6 Å². The topological polar surface area (TPSA) is 12.0 Å². The molecule has 0 amide bonds. The molecule has 1 saturated carbocycles. The Morgan fingerprint density at radius 3 is 2.40 bits per heavy atom. The quantitative estimate of drug-likeness (QED) is 0.596. The van der Waals surface area contributed by atoms with Gasteiger partial charge in [-0.15, -0.1) is 0 Å². The first-order chi connectivity index (χ1) is 9.60. The van der Waals surface area contributed by atoms with Crippen molar-refractivity contribution in [3.05, 3.63) is 27.2 Å². The summed E-state index contributed by atoms with van der Waals surface area (Å²) in [6.07, 6.45) is 8.97. The van der Waals surface area contributed by atoms with Crippen molar-refractivity contribution in [1.82, 2.24) is 0 Å². The van der Waals surface area contributed by atoms with E-state index in [-0.39, 0.29) is 0 Å². The first-order valence-corrected chi connectivity index (χ1v) is 8.64. The molecular formula is C16H22Cl3N. The molecule has 4 heteroatoms. The Bertz CT molecular complexity index is 424. The second-order valence-corrected chi connectivity index (χ2v) is 7.00. The van der Waals surface area contributed by atoms with Crippen LogP contribution in [0, 0.1) is 5.92 Å². The third-order valence-electron chi connectivity index (χ3n) is 4.14. The van der Waals surface area contributed by atoms with Crippen molar-refractivity contribution in [2.24, 2.45) is 5.92 Å². The van der Waals surface area contributed by atoms with Gasteiger partial charge in [-0.2, -0.15) is 0 Å². The Kier molecular flexibility index (Phi) is 6.32. The molecule has 1 nitrogen and oxygen atoms in total. The highest BCUT2D eigenvalue weighted by molar-refractivity contribution is 6.41. The van der Waals surface area contributed by atoms with Gasteiger partial charge >= 0.3 is 0 Å². The highest BCUT2D eigenvalue weighted by Gasteiger charge is 2.20. The summed E-state index contributed by atoms with van der Waals surface area (Å²) < 4.78 is 0. The largest absolute Gasteiger partial charge is 0.380 e. The van der Waals surface area contributed by atoms with Gasteiger partial charge in [0, 0.05) is 11.1 Å². The molecule has 1 N–H and O–H groups in total. The lowest BCUT2D eigenvalue weighted by atomic mass is 9.95. The number of benzene rings is 1. The van der Waals surface area contributed by atoms with E-state index >= 15 is 0 Å². The summed E-state index contributed by atoms with van der Waals surface area (Å²) in [4.78, 5) is 0. The summed E-state index contributed by atoms with van der Waals surface area (Å²) in [5, 5.41) is 5.32. The molecule has 2 unspecified atom stereocenters. The lowest BCUT2D eigenvalue weighted by molar-refractivity contribution is 0.422. The van der Waals surface area contributed by atoms with Crippen LogP contribution < -0.4 is 5.32 Å². The minimum absolute atomic E-state index is 0.466. The van der Waals surface area contributed by atoms with Gasteiger partial charge in [0.05, 0.1) is 15.7 Å². The minimum atomic E-state index is 0.466. The number of hydrogen-bond donors (Lipinski definition) is 1. The average molecular weight is 335 g/mol. The van der Waals surface area contributed by atoms with Gasteiger partial charge in [0.2, 0.25) is 0 Å². The smallest absolute Gasteiger partial charge is 0.0722 e. The van der Waals surface area contributed by atoms with Crippen molar-refractivity contribution in [3.63, 3.8) is 0 Å². The molecule has 1 aliphatic carbocycles. The summed E-state index contributed by atoms with van der Waals surface area (Å²) in [5.74, 6) is 0.892. The van der Waals surface area contributed by atoms with E-state index in [1.807, 2.05) is 0 Å². The zero-order chi connectivity index (χ0) is 14.5. The Labute approximate surface area is 137 Å². The number of anilines is 1. The lowest BCUT2D eigenvalue weighted by Crippen LogP contribution is -2.19. The molecule has 20 heavy (non-hydrogen) atoms. The fraction of sp³-hybridized carbons (Fsp3) is 0.625. The van der Waals surface area contributed by atoms with Crippen LogP contribution in [0.2, 0.25) is 15.1 Å². The maximum atomic E-state index is 6.24. The van der Waals surface area contributed by atoms with Crippen molar-refractivity contribution >= 4 is 40.5 Å². The van der Waals surface area contributed by atoms with Gasteiger partial charge in [-0.05, 0) is 37.3 Å². The zero-order valence-corrected chi connectivity index (χ0v) is 14.2. The maximum Gasteiger partial charge on any atom is 0.0722 e. The fourth-order valence-electron chi connectivity index (χ4n) is 3.10. The van der Waals surface area contributed by atoms with Gasteiger partial charge in [-0.1, -0.05) is 67.4 Å². The summed E-state index contributed by atoms with van der Waals surface area (Å²) >= 11 is 18.4. The molecule has 0 saturated heterocycles. The molecule has 1 aliphatic rings. The second kappa shape index (κ2) is 7.77. The minimum Gasteiger partial charge on any atom is -0.380 e. The van der Waals surface area contributed by atoms with E-state index in [2.05, 4.69) is 12.2 Å². The van der Waals surface area contributed by atoms with E-state index in [0.29, 0.717) is 21.1 Å². The molecule has 0 radical (unpaired) electrons. The van der Waals surface area contributed by atoms with E-state index in [4.69, 9.17) is 34.8 Å². The van der Waals surface area contributed by atoms with Crippen LogP contribution in [0.3, 0.4) is 0 Å². The summed E-state index contributed by atoms with van der Waals surface area (Å²) in [7, 11) is 0. The van der Waals surface area contributed by atoms with Gasteiger partial charge in [0.15, 0.2) is 0 Å². The van der Waals surface area contributed by atoms with Crippen LogP contribution in [0.4, 0.5) is 5.69 Å². The van der Waals surface area contributed by atoms with Crippen molar-refractivity contribution in [3.8, 4) is 0 Å². The third kappa shape index (κ3) is 4.44. The average Bonchev–Trinajstić information content (AvgIpc) is 2.60. The van der Waals surface area contributed by atoms with Gasteiger partial charge in [0.1, 0.15) is 0 Å². The predicted octanol–water partition coefficient (Wildman–Crippen LogP) is 6.81. The molecule has 2 atom stereocenters. The summed E-state index contributed by atoms with van der Waals surface area (Å²) in [5.41, 5.74) is 0.830. The molecule has 0 spiro atoms. The van der Waals surface area contributed by atoms with Gasteiger partial charge in [-0.3, -0.25) is 0 Å². The number of halogens is 3. The number of nitrogens with one attached hydrogen (secondary N) is 1. The number of hydrogen-bond acceptors (Lipinski definition) is 1. The van der Waals surface area contributed by atoms with Crippen molar-refractivity contribution in [2.45, 2.75) is 57.9 Å². The molecule has 1 aromatic carbocycles. The Hall–Kier alpha value is -0.110. The third-order valence-corrected chi connectivity index (χ3v) is 4.95. The van der Waals surface area contributed by atoms with Crippen LogP contribution in [0.25, 0.3) is 0 Å². The van der Waals surface area contributed by atoms with E-state index in [1.54, 1.807) is 12.1 Å². The monoisotopic (exact) mass is 333 g/mol. The van der Waals surface area contributed by atoms with E-state index < -0.39 is 0 Å². The first kappa shape index (κ1) is 16.3. The lowest BCUT2D eigenvalue weighted by Gasteiger charge is -2.20. The van der Waals surface area contributed by atoms with Crippen LogP contribution in [-0.4, -0.2) is 6.04 Å². The van der Waals surface area contributed by atoms with Crippen LogP contribution >= 0.6 is 34.8 Å². The molecule has 0 heterocycles. The highest BCUT2D eigenvalue weighted by atomic mass is 35.5.